The highest BCUT2D eigenvalue weighted by Crippen LogP contribution is 2.37. The van der Waals surface area contributed by atoms with Gasteiger partial charge in [0, 0.05) is 11.5 Å². The van der Waals surface area contributed by atoms with Crippen LogP contribution in [0.4, 0.5) is 0 Å². The quantitative estimate of drug-likeness (QED) is 0.799. The molecule has 0 N–H and O–H groups in total. The average molecular weight is 300 g/mol. The van der Waals surface area contributed by atoms with Crippen LogP contribution in [0.2, 0.25) is 0 Å². The molecule has 1 aromatic carbocycles. The summed E-state index contributed by atoms with van der Waals surface area (Å²) >= 11 is 0. The molecule has 118 valence electrons. The molecule has 5 heteroatoms. The fourth-order valence-electron chi connectivity index (χ4n) is 3.07. The van der Waals surface area contributed by atoms with E-state index < -0.39 is 0 Å². The molecule has 1 fully saturated rings. The van der Waals surface area contributed by atoms with Crippen LogP contribution in [0.3, 0.4) is 0 Å². The van der Waals surface area contributed by atoms with Crippen molar-refractivity contribution in [2.75, 3.05) is 0 Å². The second-order valence-electron chi connectivity index (χ2n) is 7.43. The van der Waals surface area contributed by atoms with Crippen molar-refractivity contribution in [2.24, 2.45) is 0 Å². The molecule has 0 amide bonds. The molecule has 2 aromatic rings. The molecule has 0 unspecified atom stereocenters. The maximum Gasteiger partial charge on any atom is 0.497 e. The third kappa shape index (κ3) is 2.18. The highest BCUT2D eigenvalue weighted by atomic mass is 16.7. The first-order chi connectivity index (χ1) is 10.1. The third-order valence-corrected chi connectivity index (χ3v) is 4.95. The van der Waals surface area contributed by atoms with E-state index in [0.717, 1.165) is 22.3 Å². The summed E-state index contributed by atoms with van der Waals surface area (Å²) in [6, 6.07) is 6.60. The SMILES string of the molecule is Cc1nc2c(B3OC(C)(C)C(C)(C)O3)cccc2n1C(C)C. The highest BCUT2D eigenvalue weighted by molar-refractivity contribution is 6.64. The Labute approximate surface area is 133 Å². The first-order valence-corrected chi connectivity index (χ1v) is 7.97. The molecule has 3 rings (SSSR count). The lowest BCUT2D eigenvalue weighted by atomic mass is 9.78. The molecule has 1 aliphatic heterocycles. The molecule has 1 aliphatic rings. The molecule has 0 spiro atoms. The van der Waals surface area contributed by atoms with Gasteiger partial charge in [-0.1, -0.05) is 12.1 Å². The number of benzene rings is 1. The van der Waals surface area contributed by atoms with Crippen LogP contribution in [0.25, 0.3) is 11.0 Å². The van der Waals surface area contributed by atoms with Crippen LogP contribution >= 0.6 is 0 Å². The van der Waals surface area contributed by atoms with Crippen molar-refractivity contribution < 1.29 is 9.31 Å². The topological polar surface area (TPSA) is 36.3 Å². The Morgan fingerprint density at radius 1 is 1.09 bits per heavy atom. The first kappa shape index (κ1) is 15.6. The van der Waals surface area contributed by atoms with Gasteiger partial charge in [0.1, 0.15) is 5.82 Å². The minimum absolute atomic E-state index is 0.338. The minimum atomic E-state index is -0.372. The lowest BCUT2D eigenvalue weighted by molar-refractivity contribution is 0.00578. The fourth-order valence-corrected chi connectivity index (χ4v) is 3.07. The summed E-state index contributed by atoms with van der Waals surface area (Å²) in [6.45, 7) is 14.7. The number of hydrogen-bond acceptors (Lipinski definition) is 3. The smallest absolute Gasteiger partial charge is 0.399 e. The Morgan fingerprint density at radius 3 is 2.23 bits per heavy atom. The zero-order valence-corrected chi connectivity index (χ0v) is 14.6. The van der Waals surface area contributed by atoms with Gasteiger partial charge >= 0.3 is 7.12 Å². The van der Waals surface area contributed by atoms with Gasteiger partial charge < -0.3 is 13.9 Å². The predicted octanol–water partition coefficient (Wildman–Crippen LogP) is 3.22. The summed E-state index contributed by atoms with van der Waals surface area (Å²) in [5.41, 5.74) is 2.45. The van der Waals surface area contributed by atoms with Gasteiger partial charge in [-0.2, -0.15) is 0 Å². The van der Waals surface area contributed by atoms with Crippen molar-refractivity contribution in [3.63, 3.8) is 0 Å². The molecule has 0 radical (unpaired) electrons. The summed E-state index contributed by atoms with van der Waals surface area (Å²) in [7, 11) is -0.372. The molecule has 0 bridgehead atoms. The fraction of sp³-hybridized carbons (Fsp3) is 0.588. The number of imidazole rings is 1. The van der Waals surface area contributed by atoms with Gasteiger partial charge in [0.15, 0.2) is 0 Å². The van der Waals surface area contributed by atoms with Crippen molar-refractivity contribution in [3.05, 3.63) is 24.0 Å². The summed E-state index contributed by atoms with van der Waals surface area (Å²) in [5.74, 6) is 1.02. The van der Waals surface area contributed by atoms with Crippen molar-refractivity contribution >= 4 is 23.6 Å². The van der Waals surface area contributed by atoms with Gasteiger partial charge in [0.25, 0.3) is 0 Å². The number of aromatic nitrogens is 2. The van der Waals surface area contributed by atoms with Crippen LogP contribution in [0, 0.1) is 6.92 Å². The molecule has 1 aromatic heterocycles. The summed E-state index contributed by atoms with van der Waals surface area (Å²) < 4.78 is 14.6. The minimum Gasteiger partial charge on any atom is -0.399 e. The van der Waals surface area contributed by atoms with Gasteiger partial charge in [-0.15, -0.1) is 0 Å². The van der Waals surface area contributed by atoms with E-state index in [4.69, 9.17) is 14.3 Å². The van der Waals surface area contributed by atoms with Crippen molar-refractivity contribution in [2.45, 2.75) is 65.7 Å². The van der Waals surface area contributed by atoms with Crippen molar-refractivity contribution in [1.82, 2.24) is 9.55 Å². The van der Waals surface area contributed by atoms with Gasteiger partial charge in [-0.3, -0.25) is 0 Å². The highest BCUT2D eigenvalue weighted by Gasteiger charge is 2.52. The third-order valence-electron chi connectivity index (χ3n) is 4.95. The van der Waals surface area contributed by atoms with E-state index >= 15 is 0 Å². The number of aryl methyl sites for hydroxylation is 1. The van der Waals surface area contributed by atoms with Gasteiger partial charge in [0.2, 0.25) is 0 Å². The van der Waals surface area contributed by atoms with Crippen LogP contribution in [0.5, 0.6) is 0 Å². The molecule has 0 saturated carbocycles. The molecule has 22 heavy (non-hydrogen) atoms. The number of rotatable bonds is 2. The van der Waals surface area contributed by atoms with E-state index in [2.05, 4.69) is 64.3 Å². The molecule has 1 saturated heterocycles. The van der Waals surface area contributed by atoms with Crippen LogP contribution < -0.4 is 5.46 Å². The second-order valence-corrected chi connectivity index (χ2v) is 7.43. The van der Waals surface area contributed by atoms with E-state index in [9.17, 15) is 0 Å². The summed E-state index contributed by atoms with van der Waals surface area (Å²) in [6.07, 6.45) is 0. The predicted molar refractivity (Wildman–Crippen MR) is 90.6 cm³/mol. The Kier molecular flexibility index (Phi) is 3.42. The molecular weight excluding hydrogens is 275 g/mol. The maximum absolute atomic E-state index is 6.20. The van der Waals surface area contributed by atoms with Gasteiger partial charge in [-0.05, 0) is 54.5 Å². The lowest BCUT2D eigenvalue weighted by Crippen LogP contribution is -2.41. The van der Waals surface area contributed by atoms with E-state index in [1.54, 1.807) is 0 Å². The van der Waals surface area contributed by atoms with E-state index in [1.807, 2.05) is 6.92 Å². The Balaban J connectivity index is 2.12. The molecule has 0 atom stereocenters. The standard InChI is InChI=1S/C17H25BN2O2/c1-11(2)20-12(3)19-15-13(9-8-10-14(15)20)18-21-16(4,5)17(6,7)22-18/h8-11H,1-7H3. The number of fused-ring (bicyclic) bond motifs is 1. The lowest BCUT2D eigenvalue weighted by Gasteiger charge is -2.32. The normalized spacial score (nSPS) is 20.3. The molecule has 0 aliphatic carbocycles. The van der Waals surface area contributed by atoms with Crippen molar-refractivity contribution in [1.29, 1.82) is 0 Å². The molecular formula is C17H25BN2O2. The van der Waals surface area contributed by atoms with E-state index in [-0.39, 0.29) is 18.3 Å². The largest absolute Gasteiger partial charge is 0.497 e. The van der Waals surface area contributed by atoms with Crippen LogP contribution in [0.15, 0.2) is 18.2 Å². The molecule has 2 heterocycles. The van der Waals surface area contributed by atoms with Crippen LogP contribution in [0.1, 0.15) is 53.4 Å². The average Bonchev–Trinajstić information content (AvgIpc) is 2.82. The number of hydrogen-bond donors (Lipinski definition) is 0. The number of nitrogens with zero attached hydrogens (tertiary/aromatic N) is 2. The zero-order valence-electron chi connectivity index (χ0n) is 14.6. The van der Waals surface area contributed by atoms with Crippen LogP contribution in [-0.2, 0) is 9.31 Å². The van der Waals surface area contributed by atoms with Crippen molar-refractivity contribution in [3.8, 4) is 0 Å². The second kappa shape index (κ2) is 4.83. The Bertz CT molecular complexity index is 703. The number of para-hydroxylation sites is 1. The Morgan fingerprint density at radius 2 is 1.68 bits per heavy atom. The van der Waals surface area contributed by atoms with Crippen LogP contribution in [-0.4, -0.2) is 27.9 Å². The van der Waals surface area contributed by atoms with E-state index in [0.29, 0.717) is 6.04 Å². The zero-order chi connectivity index (χ0) is 16.3. The monoisotopic (exact) mass is 300 g/mol. The summed E-state index contributed by atoms with van der Waals surface area (Å²) in [4.78, 5) is 4.78. The van der Waals surface area contributed by atoms with E-state index in [1.165, 1.54) is 0 Å². The van der Waals surface area contributed by atoms with Gasteiger partial charge in [-0.25, -0.2) is 4.98 Å². The molecule has 4 nitrogen and oxygen atoms in total. The maximum atomic E-state index is 6.20. The van der Waals surface area contributed by atoms with Gasteiger partial charge in [0.05, 0.1) is 22.2 Å². The summed E-state index contributed by atoms with van der Waals surface area (Å²) in [5, 5.41) is 0. The first-order valence-electron chi connectivity index (χ1n) is 7.97. The Hall–Kier alpha value is -1.33.